The number of hydrogen-bond donors (Lipinski definition) is 7. The molecular weight excluding hydrogens is 686 g/mol. The minimum absolute atomic E-state index is 0.0575. The van der Waals surface area contributed by atoms with Crippen LogP contribution in [-0.2, 0) is 38.6 Å². The molecule has 0 bridgehead atoms. The van der Waals surface area contributed by atoms with Gasteiger partial charge in [0.25, 0.3) is 5.56 Å². The van der Waals surface area contributed by atoms with E-state index >= 15 is 0 Å². The highest BCUT2D eigenvalue weighted by Gasteiger charge is 2.46. The number of nitrogens with two attached hydrogens (primary N) is 1. The lowest BCUT2D eigenvalue weighted by Gasteiger charge is -2.19. The Labute approximate surface area is 279 Å². The largest absolute Gasteiger partial charge is 0.481 e. The molecule has 1 amide bonds. The topological polar surface area (TPSA) is 271 Å². The number of imidazole rings is 1. The molecule has 5 rings (SSSR count). The first-order chi connectivity index (χ1) is 23.3. The molecule has 6 atom stereocenters. The summed E-state index contributed by atoms with van der Waals surface area (Å²) >= 11 is 0. The lowest BCUT2D eigenvalue weighted by molar-refractivity contribution is -0.121. The van der Waals surface area contributed by atoms with E-state index in [1.165, 1.54) is 0 Å². The number of hydrogen-bond acceptors (Lipinski definition) is 13. The van der Waals surface area contributed by atoms with E-state index in [0.29, 0.717) is 19.4 Å². The molecule has 2 unspecified atom stereocenters. The van der Waals surface area contributed by atoms with Gasteiger partial charge in [0.2, 0.25) is 11.9 Å². The van der Waals surface area contributed by atoms with E-state index in [1.54, 1.807) is 0 Å². The van der Waals surface area contributed by atoms with Gasteiger partial charge in [-0.15, -0.1) is 0 Å². The Bertz CT molecular complexity index is 1890. The third kappa shape index (κ3) is 9.67. The second-order valence-electron chi connectivity index (χ2n) is 11.1. The number of rotatable bonds is 16. The zero-order valence-electron chi connectivity index (χ0n) is 25.9. The molecule has 18 nitrogen and oxygen atoms in total. The number of nitrogen functional groups attached to an aromatic ring is 1. The molecule has 4 aromatic rings. The Morgan fingerprint density at radius 1 is 0.980 bits per heavy atom. The Morgan fingerprint density at radius 3 is 2.41 bits per heavy atom. The van der Waals surface area contributed by atoms with Crippen molar-refractivity contribution in [1.29, 1.82) is 0 Å². The van der Waals surface area contributed by atoms with Crippen LogP contribution >= 0.6 is 15.6 Å². The maximum Gasteiger partial charge on any atom is 0.481 e. The number of amides is 1. The second kappa shape index (κ2) is 15.8. The van der Waals surface area contributed by atoms with Gasteiger partial charge in [-0.25, -0.2) is 14.1 Å². The van der Waals surface area contributed by atoms with Crippen LogP contribution in [0, 0.1) is 0 Å². The second-order valence-corrected chi connectivity index (χ2v) is 14.2. The number of benzene rings is 2. The Kier molecular flexibility index (Phi) is 11.8. The number of phosphoric acid groups is 2. The molecule has 264 valence electrons. The quantitative estimate of drug-likeness (QED) is 0.0645. The fraction of sp³-hybridized carbons (Fsp3) is 0.379. The van der Waals surface area contributed by atoms with Crippen LogP contribution in [0.25, 0.3) is 22.3 Å². The van der Waals surface area contributed by atoms with E-state index in [-0.39, 0.29) is 42.5 Å². The summed E-state index contributed by atoms with van der Waals surface area (Å²) < 4.78 is 45.1. The normalized spacial score (nSPS) is 21.7. The van der Waals surface area contributed by atoms with Gasteiger partial charge >= 0.3 is 15.6 Å². The Morgan fingerprint density at radius 2 is 1.67 bits per heavy atom. The number of anilines is 1. The number of nitrogens with one attached hydrogen (secondary N) is 2. The number of H-pyrrole nitrogens is 1. The molecule has 1 aliphatic rings. The molecule has 1 fully saturated rings. The molecule has 0 aliphatic carbocycles. The molecule has 2 aromatic carbocycles. The van der Waals surface area contributed by atoms with E-state index in [2.05, 4.69) is 24.6 Å². The van der Waals surface area contributed by atoms with Crippen molar-refractivity contribution >= 4 is 38.7 Å². The van der Waals surface area contributed by atoms with Crippen molar-refractivity contribution in [3.8, 4) is 11.1 Å². The highest BCUT2D eigenvalue weighted by molar-refractivity contribution is 7.61. The molecule has 49 heavy (non-hydrogen) atoms. The fourth-order valence-corrected chi connectivity index (χ4v) is 7.17. The van der Waals surface area contributed by atoms with Crippen molar-refractivity contribution in [3.63, 3.8) is 0 Å². The van der Waals surface area contributed by atoms with E-state index in [4.69, 9.17) is 19.5 Å². The molecule has 1 saturated heterocycles. The summed E-state index contributed by atoms with van der Waals surface area (Å²) in [5.74, 6) is -0.394. The summed E-state index contributed by atoms with van der Waals surface area (Å²) in [6.45, 7) is -0.802. The van der Waals surface area contributed by atoms with Crippen LogP contribution in [0.4, 0.5) is 5.95 Å². The molecule has 1 aliphatic heterocycles. The highest BCUT2D eigenvalue weighted by atomic mass is 31.3. The number of unbranched alkanes of at least 4 members (excludes halogenated alkanes) is 2. The van der Waals surface area contributed by atoms with Crippen LogP contribution in [0.1, 0.15) is 37.5 Å². The number of carbonyl (C=O) groups excluding carboxylic acids is 1. The van der Waals surface area contributed by atoms with E-state index in [1.807, 2.05) is 54.6 Å². The minimum Gasteiger partial charge on any atom is -0.387 e. The number of carbonyl (C=O) groups is 1. The van der Waals surface area contributed by atoms with Crippen molar-refractivity contribution in [2.45, 2.75) is 56.8 Å². The van der Waals surface area contributed by atoms with Gasteiger partial charge in [0, 0.05) is 13.0 Å². The third-order valence-electron chi connectivity index (χ3n) is 7.52. The van der Waals surface area contributed by atoms with Gasteiger partial charge in [-0.3, -0.25) is 28.2 Å². The predicted octanol–water partition coefficient (Wildman–Crippen LogP) is 2.12. The lowest BCUT2D eigenvalue weighted by atomic mass is 10.0. The van der Waals surface area contributed by atoms with Crippen molar-refractivity contribution in [3.05, 3.63) is 76.8 Å². The molecule has 0 saturated carbocycles. The minimum atomic E-state index is -5.23. The van der Waals surface area contributed by atoms with Crippen LogP contribution in [0.3, 0.4) is 0 Å². The summed E-state index contributed by atoms with van der Waals surface area (Å²) in [6.07, 6.45) is -3.54. The maximum absolute atomic E-state index is 12.4. The zero-order valence-corrected chi connectivity index (χ0v) is 27.7. The average Bonchev–Trinajstić information content (AvgIpc) is 3.60. The number of aliphatic hydroxyl groups is 2. The zero-order chi connectivity index (χ0) is 35.2. The van der Waals surface area contributed by atoms with E-state index in [0.717, 1.165) is 27.6 Å². The van der Waals surface area contributed by atoms with Crippen LogP contribution < -0.4 is 16.6 Å². The van der Waals surface area contributed by atoms with Gasteiger partial charge in [0.05, 0.1) is 19.5 Å². The first-order valence-corrected chi connectivity index (χ1v) is 18.1. The number of fused-ring (bicyclic) bond motifs is 1. The molecule has 3 heterocycles. The van der Waals surface area contributed by atoms with Crippen molar-refractivity contribution in [2.24, 2.45) is 0 Å². The van der Waals surface area contributed by atoms with Gasteiger partial charge in [-0.1, -0.05) is 61.0 Å². The summed E-state index contributed by atoms with van der Waals surface area (Å²) in [5.41, 5.74) is 7.87. The summed E-state index contributed by atoms with van der Waals surface area (Å²) in [7, 11) is -10.3. The van der Waals surface area contributed by atoms with Gasteiger partial charge in [0.1, 0.15) is 18.3 Å². The first-order valence-electron chi connectivity index (χ1n) is 15.1. The number of nitrogens with zero attached hydrogens (tertiary/aromatic N) is 3. The molecule has 20 heteroatoms. The molecular formula is C29H36N6O12P2. The number of phosphoric ester groups is 2. The standard InChI is InChI=1S/C29H36N6O12P2/c30-29-33-26-23(27(39)34-29)32-17-35(26)28-25(38)24(37)21(46-28)16-45-49(42,43)47-48(40,41)44-14-6-2-5-9-22(36)31-15-18-10-12-20(13-11-18)19-7-3-1-4-8-19/h1,3-4,7-8,10-13,17,21,24-25,28,37-38H,2,5-6,9,14-16H2,(H,31,36)(H,40,41)(H,42,43)(H3,30,33,34,39)/t21-,24-,25-,28-/m1/s1. The van der Waals surface area contributed by atoms with E-state index < -0.39 is 52.4 Å². The molecule has 2 aromatic heterocycles. The van der Waals surface area contributed by atoms with Crippen molar-refractivity contribution < 1.29 is 52.0 Å². The first kappa shape index (κ1) is 36.5. The molecule has 0 spiro atoms. The lowest BCUT2D eigenvalue weighted by Crippen LogP contribution is -2.33. The number of aromatic amines is 1. The van der Waals surface area contributed by atoms with Crippen LogP contribution in [0.15, 0.2) is 65.7 Å². The Hall–Kier alpha value is -3.80. The monoisotopic (exact) mass is 722 g/mol. The smallest absolute Gasteiger partial charge is 0.387 e. The Balaban J connectivity index is 0.986. The van der Waals surface area contributed by atoms with Crippen LogP contribution in [0.5, 0.6) is 0 Å². The van der Waals surface area contributed by atoms with Gasteiger partial charge < -0.3 is 35.8 Å². The summed E-state index contributed by atoms with van der Waals surface area (Å²) in [6, 6.07) is 17.8. The number of aromatic nitrogens is 4. The number of ether oxygens (including phenoxy) is 1. The predicted molar refractivity (Wildman–Crippen MR) is 173 cm³/mol. The SMILES string of the molecule is Nc1nc2c(ncn2[C@@H]2O[C@H](COP(=O)(O)OP(=O)(O)OCCCCCC(=O)NCc3ccc(-c4ccccc4)cc3)[C@@H](O)[C@H]2O)c(=O)[nH]1. The van der Waals surface area contributed by atoms with Crippen molar-refractivity contribution in [2.75, 3.05) is 18.9 Å². The number of aliphatic hydroxyl groups excluding tert-OH is 2. The maximum atomic E-state index is 12.4. The van der Waals surface area contributed by atoms with Crippen LogP contribution in [-0.4, -0.2) is 77.0 Å². The van der Waals surface area contributed by atoms with E-state index in [9.17, 15) is 38.7 Å². The van der Waals surface area contributed by atoms with Crippen molar-refractivity contribution in [1.82, 2.24) is 24.8 Å². The highest BCUT2D eigenvalue weighted by Crippen LogP contribution is 2.60. The third-order valence-corrected chi connectivity index (χ3v) is 10.2. The van der Waals surface area contributed by atoms with Gasteiger partial charge in [-0.05, 0) is 29.5 Å². The fourth-order valence-electron chi connectivity index (χ4n) is 5.05. The summed E-state index contributed by atoms with van der Waals surface area (Å²) in [4.78, 5) is 54.3. The molecule has 0 radical (unpaired) electrons. The average molecular weight is 723 g/mol. The molecule has 8 N–H and O–H groups in total. The van der Waals surface area contributed by atoms with Gasteiger partial charge in [-0.2, -0.15) is 9.29 Å². The summed E-state index contributed by atoms with van der Waals surface area (Å²) in [5, 5.41) is 23.8. The van der Waals surface area contributed by atoms with Crippen LogP contribution in [0.2, 0.25) is 0 Å². The van der Waals surface area contributed by atoms with Gasteiger partial charge in [0.15, 0.2) is 17.4 Å².